The first-order chi connectivity index (χ1) is 14.6. The first-order valence-electron chi connectivity index (χ1n) is 10.4. The predicted molar refractivity (Wildman–Crippen MR) is 120 cm³/mol. The lowest BCUT2D eigenvalue weighted by Gasteiger charge is -2.21. The summed E-state index contributed by atoms with van der Waals surface area (Å²) >= 11 is 5.29. The van der Waals surface area contributed by atoms with Crippen molar-refractivity contribution in [2.75, 3.05) is 19.2 Å². The van der Waals surface area contributed by atoms with Crippen LogP contribution in [0.3, 0.4) is 0 Å². The molecule has 2 amide bonds. The third-order valence-electron chi connectivity index (χ3n) is 3.65. The standard InChI is InChI=1S/C11H20ClNO4.C10H19NO4/c1-5-8(9(14)16-7-12)6-13-10(15)17-11(2,3)4;1-5-7(8(12)13)6-11-9(14)15-10(2,3)4/h8H,5-7H2,1-4H3,(H,13,15);7H,5-6H2,1-4H3,(H,11,14)(H,12,13). The van der Waals surface area contributed by atoms with Gasteiger partial charge in [-0.2, -0.15) is 0 Å². The summed E-state index contributed by atoms with van der Waals surface area (Å²) in [4.78, 5) is 44.5. The van der Waals surface area contributed by atoms with Gasteiger partial charge in [0.05, 0.1) is 11.8 Å². The number of nitrogens with one attached hydrogen (secondary N) is 2. The fourth-order valence-corrected chi connectivity index (χ4v) is 2.12. The van der Waals surface area contributed by atoms with Crippen molar-refractivity contribution in [1.29, 1.82) is 0 Å². The van der Waals surface area contributed by atoms with Gasteiger partial charge in [0.1, 0.15) is 11.2 Å². The van der Waals surface area contributed by atoms with Crippen LogP contribution in [0.4, 0.5) is 9.59 Å². The first-order valence-corrected chi connectivity index (χ1v) is 11.0. The van der Waals surface area contributed by atoms with E-state index in [4.69, 9.17) is 26.2 Å². The number of rotatable bonds is 9. The number of hydrogen-bond donors (Lipinski definition) is 3. The Morgan fingerprint density at radius 3 is 1.47 bits per heavy atom. The van der Waals surface area contributed by atoms with Crippen molar-refractivity contribution in [3.8, 4) is 0 Å². The molecule has 0 aromatic rings. The van der Waals surface area contributed by atoms with Crippen LogP contribution in [0.2, 0.25) is 0 Å². The summed E-state index contributed by atoms with van der Waals surface area (Å²) in [5.41, 5.74) is -1.11. The van der Waals surface area contributed by atoms with Gasteiger partial charge < -0.3 is 30.0 Å². The van der Waals surface area contributed by atoms with Crippen LogP contribution in [0.25, 0.3) is 0 Å². The number of ether oxygens (including phenoxy) is 3. The highest BCUT2D eigenvalue weighted by Crippen LogP contribution is 2.09. The highest BCUT2D eigenvalue weighted by molar-refractivity contribution is 6.17. The van der Waals surface area contributed by atoms with Crippen molar-refractivity contribution in [3.63, 3.8) is 0 Å². The number of carboxylic acid groups (broad SMARTS) is 1. The molecule has 188 valence electrons. The third kappa shape index (κ3) is 18.5. The van der Waals surface area contributed by atoms with Gasteiger partial charge in [-0.1, -0.05) is 25.4 Å². The molecule has 0 saturated heterocycles. The second kappa shape index (κ2) is 15.6. The van der Waals surface area contributed by atoms with Crippen LogP contribution in [0, 0.1) is 11.8 Å². The number of alkyl halides is 1. The monoisotopic (exact) mass is 482 g/mol. The van der Waals surface area contributed by atoms with E-state index in [1.54, 1.807) is 48.5 Å². The van der Waals surface area contributed by atoms with Crippen molar-refractivity contribution < 1.29 is 38.5 Å². The van der Waals surface area contributed by atoms with E-state index >= 15 is 0 Å². The summed E-state index contributed by atoms with van der Waals surface area (Å²) in [6.45, 7) is 14.4. The van der Waals surface area contributed by atoms with Crippen LogP contribution in [0.1, 0.15) is 68.2 Å². The molecule has 3 N–H and O–H groups in total. The maximum atomic E-state index is 11.4. The molecular weight excluding hydrogens is 444 g/mol. The summed E-state index contributed by atoms with van der Waals surface area (Å²) in [6.07, 6.45) is -0.0896. The van der Waals surface area contributed by atoms with Gasteiger partial charge in [0, 0.05) is 13.1 Å². The smallest absolute Gasteiger partial charge is 0.407 e. The minimum atomic E-state index is -0.909. The van der Waals surface area contributed by atoms with Crippen LogP contribution in [0.15, 0.2) is 0 Å². The zero-order valence-electron chi connectivity index (χ0n) is 20.4. The Hall–Kier alpha value is -2.23. The van der Waals surface area contributed by atoms with E-state index in [0.29, 0.717) is 12.8 Å². The number of amides is 2. The van der Waals surface area contributed by atoms with Crippen molar-refractivity contribution >= 4 is 35.7 Å². The van der Waals surface area contributed by atoms with Gasteiger partial charge in [-0.25, -0.2) is 9.59 Å². The van der Waals surface area contributed by atoms with Crippen LogP contribution in [0.5, 0.6) is 0 Å². The van der Waals surface area contributed by atoms with Crippen LogP contribution in [-0.2, 0) is 23.8 Å². The van der Waals surface area contributed by atoms with Gasteiger partial charge in [0.15, 0.2) is 6.07 Å². The second-order valence-corrected chi connectivity index (χ2v) is 9.10. The topological polar surface area (TPSA) is 140 Å². The number of carboxylic acids is 1. The minimum absolute atomic E-state index is 0.0980. The molecule has 32 heavy (non-hydrogen) atoms. The zero-order valence-corrected chi connectivity index (χ0v) is 21.1. The van der Waals surface area contributed by atoms with Crippen LogP contribution >= 0.6 is 11.6 Å². The number of alkyl carbamates (subject to hydrolysis) is 2. The van der Waals surface area contributed by atoms with E-state index < -0.39 is 47.2 Å². The van der Waals surface area contributed by atoms with Crippen molar-refractivity contribution in [3.05, 3.63) is 0 Å². The number of carbonyl (C=O) groups is 4. The Bertz CT molecular complexity index is 600. The molecule has 0 aromatic carbocycles. The molecular formula is C21H39ClN2O8. The summed E-state index contributed by atoms with van der Waals surface area (Å²) in [5.74, 6) is -2.29. The van der Waals surface area contributed by atoms with Crippen molar-refractivity contribution in [2.24, 2.45) is 11.8 Å². The Morgan fingerprint density at radius 1 is 0.812 bits per heavy atom. The molecule has 0 aliphatic rings. The Balaban J connectivity index is 0. The van der Waals surface area contributed by atoms with E-state index in [1.165, 1.54) is 0 Å². The van der Waals surface area contributed by atoms with E-state index in [-0.39, 0.29) is 19.2 Å². The Morgan fingerprint density at radius 2 is 1.19 bits per heavy atom. The first kappa shape index (κ1) is 32.0. The maximum absolute atomic E-state index is 11.4. The largest absolute Gasteiger partial charge is 0.481 e. The zero-order chi connectivity index (χ0) is 25.5. The second-order valence-electron chi connectivity index (χ2n) is 8.89. The van der Waals surface area contributed by atoms with Gasteiger partial charge >= 0.3 is 24.1 Å². The van der Waals surface area contributed by atoms with E-state index in [2.05, 4.69) is 15.4 Å². The molecule has 0 rings (SSSR count). The molecule has 0 spiro atoms. The summed E-state index contributed by atoms with van der Waals surface area (Å²) in [6, 6.07) is -0.179. The number of aliphatic carboxylic acids is 1. The van der Waals surface area contributed by atoms with Gasteiger partial charge in [0.25, 0.3) is 0 Å². The minimum Gasteiger partial charge on any atom is -0.481 e. The SMILES string of the molecule is CCC(CNC(=O)OC(C)(C)C)C(=O)O.CCC(CNC(=O)OC(C)(C)C)C(=O)OCCl. The quantitative estimate of drug-likeness (QED) is 0.255. The van der Waals surface area contributed by atoms with Crippen molar-refractivity contribution in [2.45, 2.75) is 79.4 Å². The normalized spacial score (nSPS) is 12.9. The maximum Gasteiger partial charge on any atom is 0.407 e. The summed E-state index contributed by atoms with van der Waals surface area (Å²) in [5, 5.41) is 13.7. The lowest BCUT2D eigenvalue weighted by atomic mass is 10.1. The molecule has 11 heteroatoms. The average molecular weight is 483 g/mol. The molecule has 2 unspecified atom stereocenters. The van der Waals surface area contributed by atoms with Gasteiger partial charge in [-0.3, -0.25) is 9.59 Å². The van der Waals surface area contributed by atoms with Crippen LogP contribution < -0.4 is 10.6 Å². The molecule has 10 nitrogen and oxygen atoms in total. The average Bonchev–Trinajstić information content (AvgIpc) is 2.60. The molecule has 0 heterocycles. The van der Waals surface area contributed by atoms with Gasteiger partial charge in [-0.15, -0.1) is 0 Å². The third-order valence-corrected chi connectivity index (χ3v) is 3.76. The Labute approximate surface area is 195 Å². The summed E-state index contributed by atoms with van der Waals surface area (Å²) in [7, 11) is 0. The van der Waals surface area contributed by atoms with Gasteiger partial charge in [-0.05, 0) is 54.4 Å². The molecule has 0 bridgehead atoms. The molecule has 0 aromatic heterocycles. The number of halogens is 1. The molecule has 0 aliphatic carbocycles. The highest BCUT2D eigenvalue weighted by atomic mass is 35.5. The fraction of sp³-hybridized carbons (Fsp3) is 0.810. The molecule has 0 radical (unpaired) electrons. The number of carbonyl (C=O) groups excluding carboxylic acids is 3. The van der Waals surface area contributed by atoms with Crippen LogP contribution in [-0.4, -0.2) is 59.6 Å². The fourth-order valence-electron chi connectivity index (χ4n) is 2.01. The number of esters is 1. The Kier molecular flexibility index (Phi) is 15.5. The summed E-state index contributed by atoms with van der Waals surface area (Å²) < 4.78 is 14.7. The van der Waals surface area contributed by atoms with Crippen molar-refractivity contribution in [1.82, 2.24) is 10.6 Å². The molecule has 0 aliphatic heterocycles. The lowest BCUT2D eigenvalue weighted by Crippen LogP contribution is -2.37. The molecule has 0 fully saturated rings. The van der Waals surface area contributed by atoms with E-state index in [0.717, 1.165) is 0 Å². The van der Waals surface area contributed by atoms with Gasteiger partial charge in [0.2, 0.25) is 0 Å². The molecule has 0 saturated carbocycles. The van der Waals surface area contributed by atoms with E-state index in [1.807, 2.05) is 6.92 Å². The predicted octanol–water partition coefficient (Wildman–Crippen LogP) is 3.90. The number of hydrogen-bond acceptors (Lipinski definition) is 7. The highest BCUT2D eigenvalue weighted by Gasteiger charge is 2.21. The van der Waals surface area contributed by atoms with E-state index in [9.17, 15) is 19.2 Å². The lowest BCUT2D eigenvalue weighted by molar-refractivity contribution is -0.146. The molecule has 2 atom stereocenters.